The van der Waals surface area contributed by atoms with Crippen molar-refractivity contribution < 1.29 is 0 Å². The molecule has 54 valence electrons. The van der Waals surface area contributed by atoms with Crippen molar-refractivity contribution in [2.75, 3.05) is 18.8 Å². The maximum absolute atomic E-state index is 3.40. The molecular weight excluding hydrogens is 130 g/mol. The predicted octanol–water partition coefficient (Wildman–Crippen LogP) is 1.35. The van der Waals surface area contributed by atoms with Crippen LogP contribution >= 0.6 is 11.8 Å². The molecular formula is C7H15NS. The Balaban J connectivity index is 2.23. The van der Waals surface area contributed by atoms with Crippen molar-refractivity contribution in [2.24, 2.45) is 5.92 Å². The van der Waals surface area contributed by atoms with Gasteiger partial charge in [-0.3, -0.25) is 0 Å². The normalized spacial score (nSPS) is 29.0. The molecule has 9 heavy (non-hydrogen) atoms. The summed E-state index contributed by atoms with van der Waals surface area (Å²) >= 11 is 2.11. The topological polar surface area (TPSA) is 12.0 Å². The maximum Gasteiger partial charge on any atom is 0.0195 e. The highest BCUT2D eigenvalue weighted by Crippen LogP contribution is 2.20. The summed E-state index contributed by atoms with van der Waals surface area (Å²) in [5.74, 6) is 2.13. The zero-order chi connectivity index (χ0) is 6.69. The second-order valence-corrected chi connectivity index (χ2v) is 4.20. The molecule has 0 spiro atoms. The van der Waals surface area contributed by atoms with Gasteiger partial charge in [0.15, 0.2) is 0 Å². The molecule has 1 rings (SSSR count). The van der Waals surface area contributed by atoms with Gasteiger partial charge in [0.1, 0.15) is 0 Å². The number of hydrogen-bond acceptors (Lipinski definition) is 2. The van der Waals surface area contributed by atoms with E-state index < -0.39 is 0 Å². The number of rotatable bonds is 1. The lowest BCUT2D eigenvalue weighted by Gasteiger charge is -2.25. The van der Waals surface area contributed by atoms with Crippen LogP contribution in [-0.2, 0) is 0 Å². The summed E-state index contributed by atoms with van der Waals surface area (Å²) in [5.41, 5.74) is 0. The van der Waals surface area contributed by atoms with Crippen molar-refractivity contribution in [3.63, 3.8) is 0 Å². The lowest BCUT2D eigenvalue weighted by atomic mass is 10.1. The molecule has 0 aromatic rings. The third kappa shape index (κ3) is 2.18. The summed E-state index contributed by atoms with van der Waals surface area (Å²) in [6, 6.07) is 0. The monoisotopic (exact) mass is 145 g/mol. The van der Waals surface area contributed by atoms with Gasteiger partial charge in [-0.15, -0.1) is 0 Å². The van der Waals surface area contributed by atoms with Crippen molar-refractivity contribution in [2.45, 2.75) is 19.1 Å². The van der Waals surface area contributed by atoms with E-state index in [4.69, 9.17) is 0 Å². The van der Waals surface area contributed by atoms with Crippen molar-refractivity contribution in [3.8, 4) is 0 Å². The summed E-state index contributed by atoms with van der Waals surface area (Å²) in [6.07, 6.45) is 0. The Morgan fingerprint density at radius 1 is 1.56 bits per heavy atom. The summed E-state index contributed by atoms with van der Waals surface area (Å²) in [7, 11) is 0. The molecule has 0 bridgehead atoms. The fourth-order valence-corrected chi connectivity index (χ4v) is 2.20. The molecule has 0 aromatic heterocycles. The zero-order valence-electron chi connectivity index (χ0n) is 6.18. The number of hydrogen-bond donors (Lipinski definition) is 1. The highest BCUT2D eigenvalue weighted by Gasteiger charge is 2.15. The second kappa shape index (κ2) is 3.47. The Kier molecular flexibility index (Phi) is 2.86. The third-order valence-electron chi connectivity index (χ3n) is 1.70. The van der Waals surface area contributed by atoms with Crippen molar-refractivity contribution >= 4 is 11.8 Å². The van der Waals surface area contributed by atoms with Gasteiger partial charge in [-0.2, -0.15) is 11.8 Å². The highest BCUT2D eigenvalue weighted by molar-refractivity contribution is 8.00. The molecule has 0 aromatic carbocycles. The molecule has 1 heterocycles. The van der Waals surface area contributed by atoms with E-state index in [1.807, 2.05) is 0 Å². The summed E-state index contributed by atoms with van der Waals surface area (Å²) < 4.78 is 0. The van der Waals surface area contributed by atoms with E-state index in [-0.39, 0.29) is 0 Å². The Hall–Kier alpha value is 0.310. The highest BCUT2D eigenvalue weighted by atomic mass is 32.2. The molecule has 0 amide bonds. The van der Waals surface area contributed by atoms with Crippen LogP contribution in [0.25, 0.3) is 0 Å². The largest absolute Gasteiger partial charge is 0.315 e. The predicted molar refractivity (Wildman–Crippen MR) is 44.0 cm³/mol. The first-order valence-electron chi connectivity index (χ1n) is 3.63. The second-order valence-electron chi connectivity index (χ2n) is 2.86. The first-order chi connectivity index (χ1) is 4.30. The van der Waals surface area contributed by atoms with E-state index in [2.05, 4.69) is 30.9 Å². The van der Waals surface area contributed by atoms with E-state index in [0.717, 1.165) is 11.2 Å². The van der Waals surface area contributed by atoms with Crippen LogP contribution in [0.2, 0.25) is 0 Å². The molecule has 2 heteroatoms. The van der Waals surface area contributed by atoms with E-state index >= 15 is 0 Å². The van der Waals surface area contributed by atoms with Crippen LogP contribution < -0.4 is 5.32 Å². The summed E-state index contributed by atoms with van der Waals surface area (Å²) in [6.45, 7) is 7.01. The maximum atomic E-state index is 3.40. The van der Waals surface area contributed by atoms with Crippen LogP contribution in [0.1, 0.15) is 13.8 Å². The first-order valence-corrected chi connectivity index (χ1v) is 4.68. The molecule has 0 saturated carbocycles. The molecule has 1 atom stereocenters. The lowest BCUT2D eigenvalue weighted by molar-refractivity contribution is 0.550. The fourth-order valence-electron chi connectivity index (χ4n) is 1.01. The third-order valence-corrected chi connectivity index (χ3v) is 3.28. The van der Waals surface area contributed by atoms with Crippen molar-refractivity contribution in [1.82, 2.24) is 5.32 Å². The van der Waals surface area contributed by atoms with Gasteiger partial charge >= 0.3 is 0 Å². The van der Waals surface area contributed by atoms with Gasteiger partial charge in [0.05, 0.1) is 0 Å². The van der Waals surface area contributed by atoms with E-state index in [0.29, 0.717) is 0 Å². The van der Waals surface area contributed by atoms with E-state index in [1.54, 1.807) is 0 Å². The van der Waals surface area contributed by atoms with E-state index in [1.165, 1.54) is 18.8 Å². The number of thioether (sulfide) groups is 1. The molecule has 0 radical (unpaired) electrons. The van der Waals surface area contributed by atoms with Crippen LogP contribution in [0.4, 0.5) is 0 Å². The minimum absolute atomic E-state index is 0.836. The van der Waals surface area contributed by atoms with Crippen LogP contribution in [-0.4, -0.2) is 24.1 Å². The van der Waals surface area contributed by atoms with Gasteiger partial charge in [-0.25, -0.2) is 0 Å². The van der Waals surface area contributed by atoms with Gasteiger partial charge in [0.2, 0.25) is 0 Å². The molecule has 1 aliphatic rings. The Morgan fingerprint density at radius 3 is 2.67 bits per heavy atom. The summed E-state index contributed by atoms with van der Waals surface area (Å²) in [5, 5.41) is 4.26. The quantitative estimate of drug-likeness (QED) is 0.597. The van der Waals surface area contributed by atoms with E-state index in [9.17, 15) is 0 Å². The van der Waals surface area contributed by atoms with Crippen molar-refractivity contribution in [3.05, 3.63) is 0 Å². The molecule has 1 aliphatic heterocycles. The average molecular weight is 145 g/mol. The average Bonchev–Trinajstić information content (AvgIpc) is 1.90. The standard InChI is InChI=1S/C7H15NS/c1-6(2)7-5-8-3-4-9-7/h6-8H,3-5H2,1-2H3/t7-/m0/s1. The fraction of sp³-hybridized carbons (Fsp3) is 1.00. The minimum Gasteiger partial charge on any atom is -0.315 e. The van der Waals surface area contributed by atoms with Crippen LogP contribution in [0, 0.1) is 5.92 Å². The zero-order valence-corrected chi connectivity index (χ0v) is 7.00. The molecule has 1 fully saturated rings. The summed E-state index contributed by atoms with van der Waals surface area (Å²) in [4.78, 5) is 0. The molecule has 1 saturated heterocycles. The van der Waals surface area contributed by atoms with Crippen LogP contribution in [0.3, 0.4) is 0 Å². The lowest BCUT2D eigenvalue weighted by Crippen LogP contribution is -2.35. The van der Waals surface area contributed by atoms with Gasteiger partial charge in [0.25, 0.3) is 0 Å². The van der Waals surface area contributed by atoms with Gasteiger partial charge in [-0.05, 0) is 5.92 Å². The van der Waals surface area contributed by atoms with Crippen LogP contribution in [0.5, 0.6) is 0 Å². The first kappa shape index (κ1) is 7.42. The van der Waals surface area contributed by atoms with Crippen LogP contribution in [0.15, 0.2) is 0 Å². The van der Waals surface area contributed by atoms with Gasteiger partial charge < -0.3 is 5.32 Å². The Bertz CT molecular complexity index is 77.0. The number of nitrogens with one attached hydrogen (secondary N) is 1. The molecule has 1 N–H and O–H groups in total. The van der Waals surface area contributed by atoms with Gasteiger partial charge in [0, 0.05) is 24.1 Å². The Labute approximate surface area is 61.6 Å². The van der Waals surface area contributed by atoms with Gasteiger partial charge in [-0.1, -0.05) is 13.8 Å². The van der Waals surface area contributed by atoms with Crippen molar-refractivity contribution in [1.29, 1.82) is 0 Å². The molecule has 0 aliphatic carbocycles. The SMILES string of the molecule is CC(C)[C@@H]1CNCCS1. The Morgan fingerprint density at radius 2 is 2.33 bits per heavy atom. The minimum atomic E-state index is 0.836. The smallest absolute Gasteiger partial charge is 0.0195 e. The molecule has 1 nitrogen and oxygen atoms in total. The molecule has 0 unspecified atom stereocenters.